The van der Waals surface area contributed by atoms with Crippen LogP contribution in [0.3, 0.4) is 0 Å². The Labute approximate surface area is 162 Å². The highest BCUT2D eigenvalue weighted by molar-refractivity contribution is 5.96. The standard InChI is InChI=1S/C22H31N3O2/c1-5-6-16(17-7-8-20(27-4)19(12-17)22(24)26)13-21(23)25-18-10-14(2)9-15(3)11-18/h8-13,16-17,25H,5-7,23H2,1-4H3,(H2,24,26)/b21-13+. The molecular weight excluding hydrogens is 338 g/mol. The number of hydrogen-bond acceptors (Lipinski definition) is 4. The van der Waals surface area contributed by atoms with Gasteiger partial charge in [0.1, 0.15) is 5.76 Å². The number of nitrogens with one attached hydrogen (secondary N) is 1. The number of allylic oxidation sites excluding steroid dienone is 3. The van der Waals surface area contributed by atoms with Crippen molar-refractivity contribution in [2.75, 3.05) is 12.4 Å². The molecule has 5 nitrogen and oxygen atoms in total. The summed E-state index contributed by atoms with van der Waals surface area (Å²) in [4.78, 5) is 11.8. The van der Waals surface area contributed by atoms with E-state index in [1.807, 2.05) is 12.2 Å². The van der Waals surface area contributed by atoms with E-state index in [1.54, 1.807) is 7.11 Å². The van der Waals surface area contributed by atoms with E-state index in [9.17, 15) is 4.79 Å². The predicted octanol–water partition coefficient (Wildman–Crippen LogP) is 3.89. The zero-order valence-electron chi connectivity index (χ0n) is 16.7. The van der Waals surface area contributed by atoms with Crippen LogP contribution in [0.25, 0.3) is 0 Å². The molecule has 1 aliphatic carbocycles. The summed E-state index contributed by atoms with van der Waals surface area (Å²) in [5, 5.41) is 3.29. The second-order valence-corrected chi connectivity index (χ2v) is 7.19. The molecule has 5 N–H and O–H groups in total. The highest BCUT2D eigenvalue weighted by Crippen LogP contribution is 2.32. The first-order valence-electron chi connectivity index (χ1n) is 9.42. The molecule has 2 rings (SSSR count). The first-order chi connectivity index (χ1) is 12.8. The van der Waals surface area contributed by atoms with Crippen molar-refractivity contribution in [1.29, 1.82) is 0 Å². The molecule has 0 saturated carbocycles. The predicted molar refractivity (Wildman–Crippen MR) is 111 cm³/mol. The van der Waals surface area contributed by atoms with E-state index < -0.39 is 5.91 Å². The summed E-state index contributed by atoms with van der Waals surface area (Å²) in [5.41, 5.74) is 15.6. The van der Waals surface area contributed by atoms with Gasteiger partial charge in [0.25, 0.3) is 5.91 Å². The van der Waals surface area contributed by atoms with Crippen molar-refractivity contribution in [3.05, 3.63) is 64.7 Å². The van der Waals surface area contributed by atoms with Crippen LogP contribution in [0, 0.1) is 25.7 Å². The lowest BCUT2D eigenvalue weighted by atomic mass is 9.81. The van der Waals surface area contributed by atoms with Crippen LogP contribution in [-0.2, 0) is 9.53 Å². The number of ether oxygens (including phenoxy) is 1. The molecule has 0 radical (unpaired) electrons. The topological polar surface area (TPSA) is 90.4 Å². The summed E-state index contributed by atoms with van der Waals surface area (Å²) in [5.74, 6) is 1.07. The molecule has 0 fully saturated rings. The number of anilines is 1. The summed E-state index contributed by atoms with van der Waals surface area (Å²) in [6.45, 7) is 6.28. The van der Waals surface area contributed by atoms with Gasteiger partial charge in [0.15, 0.2) is 0 Å². The fourth-order valence-corrected chi connectivity index (χ4v) is 3.65. The minimum Gasteiger partial charge on any atom is -0.496 e. The Morgan fingerprint density at radius 3 is 2.52 bits per heavy atom. The maximum absolute atomic E-state index is 11.8. The molecule has 1 aliphatic rings. The van der Waals surface area contributed by atoms with Crippen molar-refractivity contribution < 1.29 is 9.53 Å². The van der Waals surface area contributed by atoms with Crippen LogP contribution in [0.1, 0.15) is 37.3 Å². The minimum atomic E-state index is -0.464. The van der Waals surface area contributed by atoms with Crippen molar-refractivity contribution in [1.82, 2.24) is 0 Å². The molecule has 1 aromatic rings. The molecule has 1 aromatic carbocycles. The molecule has 2 atom stereocenters. The van der Waals surface area contributed by atoms with Gasteiger partial charge in [0, 0.05) is 5.69 Å². The number of hydrogen-bond donors (Lipinski definition) is 3. The zero-order chi connectivity index (χ0) is 20.0. The molecule has 0 aliphatic heterocycles. The van der Waals surface area contributed by atoms with Gasteiger partial charge < -0.3 is 21.5 Å². The molecular formula is C22H31N3O2. The normalized spacial score (nSPS) is 18.4. The summed E-state index contributed by atoms with van der Waals surface area (Å²) < 4.78 is 5.28. The molecule has 2 unspecified atom stereocenters. The van der Waals surface area contributed by atoms with Crippen LogP contribution in [0.4, 0.5) is 5.69 Å². The third-order valence-electron chi connectivity index (χ3n) is 4.78. The minimum absolute atomic E-state index is 0.158. The number of rotatable bonds is 8. The van der Waals surface area contributed by atoms with E-state index in [4.69, 9.17) is 16.2 Å². The Morgan fingerprint density at radius 1 is 1.30 bits per heavy atom. The van der Waals surface area contributed by atoms with Crippen LogP contribution >= 0.6 is 0 Å². The largest absolute Gasteiger partial charge is 0.496 e. The van der Waals surface area contributed by atoms with Crippen LogP contribution in [0.5, 0.6) is 0 Å². The first-order valence-corrected chi connectivity index (χ1v) is 9.42. The number of amides is 1. The molecule has 27 heavy (non-hydrogen) atoms. The van der Waals surface area contributed by atoms with Gasteiger partial charge >= 0.3 is 0 Å². The van der Waals surface area contributed by atoms with E-state index in [0.717, 1.165) is 24.9 Å². The van der Waals surface area contributed by atoms with Gasteiger partial charge in [-0.15, -0.1) is 0 Å². The third kappa shape index (κ3) is 5.64. The van der Waals surface area contributed by atoms with E-state index in [0.29, 0.717) is 17.2 Å². The number of aryl methyl sites for hydroxylation is 2. The Kier molecular flexibility index (Phi) is 7.11. The summed E-state index contributed by atoms with van der Waals surface area (Å²) in [6, 6.07) is 6.27. The molecule has 0 saturated heterocycles. The average Bonchev–Trinajstić information content (AvgIpc) is 2.59. The van der Waals surface area contributed by atoms with E-state index in [1.165, 1.54) is 11.1 Å². The SMILES string of the molecule is CCCC(/C=C(\N)Nc1cc(C)cc(C)c1)C1C=C(C(N)=O)C(OC)=CC1. The Hall–Kier alpha value is -2.69. The van der Waals surface area contributed by atoms with Gasteiger partial charge in [-0.1, -0.05) is 25.5 Å². The Morgan fingerprint density at radius 2 is 1.96 bits per heavy atom. The Balaban J connectivity index is 2.22. The summed E-state index contributed by atoms with van der Waals surface area (Å²) in [6.07, 6.45) is 8.72. The quantitative estimate of drug-likeness (QED) is 0.648. The fraction of sp³-hybridized carbons (Fsp3) is 0.409. The molecule has 0 bridgehead atoms. The maximum atomic E-state index is 11.8. The average molecular weight is 370 g/mol. The number of nitrogens with two attached hydrogens (primary N) is 2. The number of benzene rings is 1. The Bertz CT molecular complexity index is 758. The molecule has 0 spiro atoms. The van der Waals surface area contributed by atoms with Gasteiger partial charge in [-0.25, -0.2) is 0 Å². The monoisotopic (exact) mass is 369 g/mol. The number of primary amides is 1. The van der Waals surface area contributed by atoms with Gasteiger partial charge in [-0.2, -0.15) is 0 Å². The van der Waals surface area contributed by atoms with Crippen molar-refractivity contribution >= 4 is 11.6 Å². The van der Waals surface area contributed by atoms with Crippen LogP contribution in [-0.4, -0.2) is 13.0 Å². The van der Waals surface area contributed by atoms with Gasteiger partial charge in [0.2, 0.25) is 0 Å². The number of carbonyl (C=O) groups excluding carboxylic acids is 1. The smallest absolute Gasteiger partial charge is 0.252 e. The summed E-state index contributed by atoms with van der Waals surface area (Å²) >= 11 is 0. The lowest BCUT2D eigenvalue weighted by Gasteiger charge is -2.26. The van der Waals surface area contributed by atoms with E-state index in [2.05, 4.69) is 50.4 Å². The molecule has 0 heterocycles. The van der Waals surface area contributed by atoms with Crippen LogP contribution in [0.15, 0.2) is 53.6 Å². The van der Waals surface area contributed by atoms with E-state index in [-0.39, 0.29) is 11.8 Å². The van der Waals surface area contributed by atoms with Crippen LogP contribution in [0.2, 0.25) is 0 Å². The fourth-order valence-electron chi connectivity index (χ4n) is 3.65. The lowest BCUT2D eigenvalue weighted by molar-refractivity contribution is -0.114. The second kappa shape index (κ2) is 9.31. The van der Waals surface area contributed by atoms with Gasteiger partial charge in [-0.3, -0.25) is 4.79 Å². The highest BCUT2D eigenvalue weighted by atomic mass is 16.5. The second-order valence-electron chi connectivity index (χ2n) is 7.19. The molecule has 1 amide bonds. The van der Waals surface area contributed by atoms with E-state index >= 15 is 0 Å². The van der Waals surface area contributed by atoms with Crippen molar-refractivity contribution in [3.63, 3.8) is 0 Å². The maximum Gasteiger partial charge on any atom is 0.252 e. The molecule has 5 heteroatoms. The molecule has 146 valence electrons. The first kappa shape index (κ1) is 20.6. The lowest BCUT2D eigenvalue weighted by Crippen LogP contribution is -2.23. The summed E-state index contributed by atoms with van der Waals surface area (Å²) in [7, 11) is 1.55. The van der Waals surface area contributed by atoms with Crippen molar-refractivity contribution in [2.24, 2.45) is 23.3 Å². The third-order valence-corrected chi connectivity index (χ3v) is 4.78. The number of carbonyl (C=O) groups is 1. The van der Waals surface area contributed by atoms with Crippen molar-refractivity contribution in [2.45, 2.75) is 40.0 Å². The molecule has 0 aromatic heterocycles. The number of methoxy groups -OCH3 is 1. The van der Waals surface area contributed by atoms with Gasteiger partial charge in [-0.05, 0) is 73.9 Å². The van der Waals surface area contributed by atoms with Crippen molar-refractivity contribution in [3.8, 4) is 0 Å². The zero-order valence-corrected chi connectivity index (χ0v) is 16.7. The van der Waals surface area contributed by atoms with Gasteiger partial charge in [0.05, 0.1) is 18.5 Å². The highest BCUT2D eigenvalue weighted by Gasteiger charge is 2.25. The van der Waals surface area contributed by atoms with Crippen LogP contribution < -0.4 is 16.8 Å².